The first-order valence-electron chi connectivity index (χ1n) is 17.9. The van der Waals surface area contributed by atoms with Crippen LogP contribution in [0, 0.1) is 11.3 Å². The van der Waals surface area contributed by atoms with E-state index in [0.29, 0.717) is 25.0 Å². The van der Waals surface area contributed by atoms with Crippen molar-refractivity contribution in [2.24, 2.45) is 0 Å². The number of rotatable bonds is 11. The molecule has 0 radical (unpaired) electrons. The van der Waals surface area contributed by atoms with E-state index in [0.717, 1.165) is 73.5 Å². The number of ether oxygens (including phenoxy) is 1. The summed E-state index contributed by atoms with van der Waals surface area (Å²) in [7, 11) is 1.70. The van der Waals surface area contributed by atoms with Crippen LogP contribution in [0.3, 0.4) is 0 Å². The van der Waals surface area contributed by atoms with Gasteiger partial charge >= 0.3 is 5.97 Å². The Morgan fingerprint density at radius 1 is 1.10 bits per heavy atom. The van der Waals surface area contributed by atoms with Crippen molar-refractivity contribution in [3.63, 3.8) is 0 Å². The summed E-state index contributed by atoms with van der Waals surface area (Å²) in [5.41, 5.74) is 3.57. The van der Waals surface area contributed by atoms with E-state index in [2.05, 4.69) is 96.2 Å². The van der Waals surface area contributed by atoms with Gasteiger partial charge in [0.1, 0.15) is 11.4 Å². The number of benzene rings is 1. The number of nitrogens with one attached hydrogen (secondary N) is 1. The van der Waals surface area contributed by atoms with Gasteiger partial charge in [-0.05, 0) is 86.1 Å². The second kappa shape index (κ2) is 14.3. The highest BCUT2D eigenvalue weighted by molar-refractivity contribution is 6.74. The largest absolute Gasteiger partial charge is 0.468 e. The van der Waals surface area contributed by atoms with E-state index in [1.165, 1.54) is 7.11 Å². The van der Waals surface area contributed by atoms with E-state index in [4.69, 9.17) is 19.1 Å². The van der Waals surface area contributed by atoms with Crippen LogP contribution in [0.2, 0.25) is 18.1 Å². The van der Waals surface area contributed by atoms with Crippen molar-refractivity contribution in [1.29, 1.82) is 5.26 Å². The van der Waals surface area contributed by atoms with Gasteiger partial charge in [0.2, 0.25) is 5.95 Å². The molecular weight excluding hydrogens is 645 g/mol. The number of carbonyl (C=O) groups excluding carboxylic acids is 1. The van der Waals surface area contributed by atoms with Crippen molar-refractivity contribution in [2.75, 3.05) is 48.9 Å². The Labute approximate surface area is 298 Å². The standard InChI is InChI=1S/C38H52N8O3Si/c1-37(2,3)50(6,7)49-33-23-32(11-17-39)46(26-33)36-41-24-28(25-42-36)27-12-18-40-34(21-27)43-29-9-8-10-31(22-29)44(4)30-13-19-45(20-14-30)38(15-16-38)35(47)48-5/h8-10,12,18,21-22,24-25,30,32-33H,11,13-16,19-20,23,26H2,1-7H3,(H,40,43). The molecule has 2 aromatic heterocycles. The molecule has 0 spiro atoms. The van der Waals surface area contributed by atoms with E-state index < -0.39 is 8.32 Å². The number of nitriles is 1. The van der Waals surface area contributed by atoms with E-state index in [1.807, 2.05) is 24.5 Å². The molecule has 2 unspecified atom stereocenters. The molecule has 3 fully saturated rings. The van der Waals surface area contributed by atoms with Gasteiger partial charge in [0.25, 0.3) is 0 Å². The zero-order chi connectivity index (χ0) is 35.7. The van der Waals surface area contributed by atoms with Crippen LogP contribution in [0.1, 0.15) is 59.3 Å². The first-order valence-corrected chi connectivity index (χ1v) is 20.8. The number of anilines is 4. The smallest absolute Gasteiger partial charge is 0.326 e. The number of pyridine rings is 1. The SMILES string of the molecule is COC(=O)C1(N2CCC(N(C)c3cccc(Nc4cc(-c5cnc(N6CC(O[Si](C)(C)C(C)(C)C)CC6CC#N)nc5)ccn4)c3)CC2)CC1. The molecule has 2 atom stereocenters. The lowest BCUT2D eigenvalue weighted by molar-refractivity contribution is -0.149. The molecule has 11 nitrogen and oxygen atoms in total. The maximum atomic E-state index is 12.4. The first-order chi connectivity index (χ1) is 23.8. The summed E-state index contributed by atoms with van der Waals surface area (Å²) in [4.78, 5) is 33.3. The van der Waals surface area contributed by atoms with Crippen LogP contribution < -0.4 is 15.1 Å². The van der Waals surface area contributed by atoms with Gasteiger partial charge in [0.15, 0.2) is 8.32 Å². The quantitative estimate of drug-likeness (QED) is 0.169. The Balaban J connectivity index is 1.09. The molecule has 12 heteroatoms. The second-order valence-corrected chi connectivity index (χ2v) is 20.4. The summed E-state index contributed by atoms with van der Waals surface area (Å²) in [6, 6.07) is 15.2. The fourth-order valence-corrected chi connectivity index (χ4v) is 8.55. The molecule has 1 aromatic carbocycles. The number of methoxy groups -OCH3 is 1. The highest BCUT2D eigenvalue weighted by atomic mass is 28.4. The average molecular weight is 697 g/mol. The predicted octanol–water partition coefficient (Wildman–Crippen LogP) is 6.77. The van der Waals surface area contributed by atoms with Gasteiger partial charge in [0.05, 0.1) is 25.7 Å². The Hall–Kier alpha value is -4.05. The molecule has 4 heterocycles. The first kappa shape index (κ1) is 35.8. The fraction of sp³-hybridized carbons (Fsp3) is 0.553. The molecule has 266 valence electrons. The van der Waals surface area contributed by atoms with Crippen LogP contribution >= 0.6 is 0 Å². The third kappa shape index (κ3) is 7.50. The number of hydrogen-bond acceptors (Lipinski definition) is 11. The van der Waals surface area contributed by atoms with Gasteiger partial charge < -0.3 is 24.3 Å². The lowest BCUT2D eigenvalue weighted by atomic mass is 10.00. The molecule has 1 saturated carbocycles. The molecule has 3 aromatic rings. The number of carbonyl (C=O) groups is 1. The van der Waals surface area contributed by atoms with E-state index >= 15 is 0 Å². The zero-order valence-electron chi connectivity index (χ0n) is 30.6. The van der Waals surface area contributed by atoms with E-state index in [-0.39, 0.29) is 28.7 Å². The molecule has 2 aliphatic heterocycles. The van der Waals surface area contributed by atoms with Crippen LogP contribution in [0.25, 0.3) is 11.1 Å². The normalized spacial score (nSPS) is 21.0. The fourth-order valence-electron chi connectivity index (χ4n) is 7.19. The highest BCUT2D eigenvalue weighted by Crippen LogP contribution is 2.44. The maximum Gasteiger partial charge on any atom is 0.326 e. The van der Waals surface area contributed by atoms with Crippen LogP contribution in [0.4, 0.5) is 23.1 Å². The summed E-state index contributed by atoms with van der Waals surface area (Å²) in [6.07, 6.45) is 10.6. The number of esters is 1. The Morgan fingerprint density at radius 2 is 1.82 bits per heavy atom. The van der Waals surface area contributed by atoms with E-state index in [9.17, 15) is 10.1 Å². The molecular formula is C38H52N8O3Si. The van der Waals surface area contributed by atoms with Crippen molar-refractivity contribution >= 4 is 37.4 Å². The summed E-state index contributed by atoms with van der Waals surface area (Å²) < 4.78 is 11.8. The van der Waals surface area contributed by atoms with Crippen LogP contribution in [0.15, 0.2) is 55.0 Å². The molecule has 3 aliphatic rings. The topological polar surface area (TPSA) is 120 Å². The van der Waals surface area contributed by atoms with Crippen molar-refractivity contribution in [2.45, 2.75) is 101 Å². The van der Waals surface area contributed by atoms with E-state index in [1.54, 1.807) is 6.20 Å². The van der Waals surface area contributed by atoms with Crippen LogP contribution in [0.5, 0.6) is 0 Å². The third-order valence-corrected chi connectivity index (χ3v) is 15.9. The molecule has 2 saturated heterocycles. The summed E-state index contributed by atoms with van der Waals surface area (Å²) in [6.45, 7) is 13.8. The molecule has 1 aliphatic carbocycles. The monoisotopic (exact) mass is 696 g/mol. The summed E-state index contributed by atoms with van der Waals surface area (Å²) >= 11 is 0. The minimum atomic E-state index is -1.95. The second-order valence-electron chi connectivity index (χ2n) is 15.6. The number of piperidine rings is 1. The lowest BCUT2D eigenvalue weighted by Gasteiger charge is -2.40. The highest BCUT2D eigenvalue weighted by Gasteiger charge is 2.56. The number of nitrogens with zero attached hydrogens (tertiary/aromatic N) is 7. The minimum Gasteiger partial charge on any atom is -0.468 e. The van der Waals surface area contributed by atoms with Gasteiger partial charge in [0, 0.05) is 74.3 Å². The molecule has 50 heavy (non-hydrogen) atoms. The zero-order valence-corrected chi connectivity index (χ0v) is 31.6. The van der Waals surface area contributed by atoms with Gasteiger partial charge in [-0.2, -0.15) is 5.26 Å². The number of hydrogen-bond donors (Lipinski definition) is 1. The summed E-state index contributed by atoms with van der Waals surface area (Å²) in [5.74, 6) is 1.28. The van der Waals surface area contributed by atoms with Gasteiger partial charge in [-0.15, -0.1) is 0 Å². The molecule has 0 amide bonds. The number of likely N-dealkylation sites (tertiary alicyclic amines) is 1. The maximum absolute atomic E-state index is 12.4. The van der Waals surface area contributed by atoms with Crippen LogP contribution in [-0.2, 0) is 14.0 Å². The third-order valence-electron chi connectivity index (χ3n) is 11.4. The molecule has 0 bridgehead atoms. The summed E-state index contributed by atoms with van der Waals surface area (Å²) in [5, 5.41) is 13.2. The van der Waals surface area contributed by atoms with Crippen molar-refractivity contribution in [1.82, 2.24) is 19.9 Å². The van der Waals surface area contributed by atoms with Gasteiger partial charge in [-0.25, -0.2) is 15.0 Å². The minimum absolute atomic E-state index is 0.0291. The molecule has 6 rings (SSSR count). The predicted molar refractivity (Wildman–Crippen MR) is 200 cm³/mol. The van der Waals surface area contributed by atoms with Crippen molar-refractivity contribution < 1.29 is 14.0 Å². The Kier molecular flexibility index (Phi) is 10.2. The van der Waals surface area contributed by atoms with Crippen molar-refractivity contribution in [3.05, 3.63) is 55.0 Å². The number of aromatic nitrogens is 3. The van der Waals surface area contributed by atoms with Crippen molar-refractivity contribution in [3.8, 4) is 17.2 Å². The van der Waals surface area contributed by atoms with Gasteiger partial charge in [-0.3, -0.25) is 9.69 Å². The van der Waals surface area contributed by atoms with Crippen LogP contribution in [-0.4, -0.2) is 91.7 Å². The Morgan fingerprint density at radius 3 is 2.46 bits per heavy atom. The molecule has 1 N–H and O–H groups in total. The Bertz CT molecular complexity index is 1690. The lowest BCUT2D eigenvalue weighted by Crippen LogP contribution is -2.51. The average Bonchev–Trinajstić information content (AvgIpc) is 3.83. The van der Waals surface area contributed by atoms with Gasteiger partial charge in [-0.1, -0.05) is 26.8 Å².